The lowest BCUT2D eigenvalue weighted by molar-refractivity contribution is -0.120. The van der Waals surface area contributed by atoms with Gasteiger partial charge in [-0.15, -0.1) is 0 Å². The molecule has 128 valence electrons. The first-order valence-corrected chi connectivity index (χ1v) is 8.06. The first-order chi connectivity index (χ1) is 11.6. The van der Waals surface area contributed by atoms with Gasteiger partial charge >= 0.3 is 6.03 Å². The number of carbonyl (C=O) groups is 2. The monoisotopic (exact) mass is 329 g/mol. The summed E-state index contributed by atoms with van der Waals surface area (Å²) >= 11 is 0. The number of amides is 3. The zero-order valence-electron chi connectivity index (χ0n) is 13.9. The number of carbonyl (C=O) groups excluding carboxylic acids is 2. The second kappa shape index (κ2) is 9.01. The van der Waals surface area contributed by atoms with Crippen molar-refractivity contribution in [2.75, 3.05) is 39.8 Å². The van der Waals surface area contributed by atoms with Gasteiger partial charge in [0.15, 0.2) is 0 Å². The number of rotatable bonds is 5. The minimum Gasteiger partial charge on any atom is -0.341 e. The van der Waals surface area contributed by atoms with Crippen LogP contribution < -0.4 is 10.6 Å². The zero-order valence-corrected chi connectivity index (χ0v) is 13.9. The molecule has 1 aliphatic heterocycles. The Hall–Kier alpha value is -2.43. The van der Waals surface area contributed by atoms with E-state index in [-0.39, 0.29) is 5.91 Å². The molecule has 2 rings (SSSR count). The molecule has 24 heavy (non-hydrogen) atoms. The molecule has 1 saturated heterocycles. The summed E-state index contributed by atoms with van der Waals surface area (Å²) in [5, 5.41) is 13.4. The third-order valence-electron chi connectivity index (χ3n) is 4.09. The molecule has 3 amide bonds. The standard InChI is InChI=1S/C17H23N5O2/c1-19-17(24)20-16(23)6-7-21-8-10-22(11-9-21)13-15-4-2-14(12-18)3-5-15/h2-5H,6-11,13H2,1H3,(H2,19,20,23,24). The number of nitriles is 1. The normalized spacial score (nSPS) is 15.5. The topological polar surface area (TPSA) is 88.5 Å². The fourth-order valence-corrected chi connectivity index (χ4v) is 2.63. The van der Waals surface area contributed by atoms with Crippen molar-refractivity contribution in [3.63, 3.8) is 0 Å². The van der Waals surface area contributed by atoms with E-state index in [4.69, 9.17) is 5.26 Å². The van der Waals surface area contributed by atoms with Gasteiger partial charge in [-0.1, -0.05) is 12.1 Å². The van der Waals surface area contributed by atoms with Crippen molar-refractivity contribution in [3.8, 4) is 6.07 Å². The van der Waals surface area contributed by atoms with Gasteiger partial charge in [0, 0.05) is 52.7 Å². The van der Waals surface area contributed by atoms with Crippen molar-refractivity contribution in [2.24, 2.45) is 0 Å². The first-order valence-electron chi connectivity index (χ1n) is 8.06. The number of hydrogen-bond donors (Lipinski definition) is 2. The van der Waals surface area contributed by atoms with E-state index >= 15 is 0 Å². The molecule has 2 N–H and O–H groups in total. The van der Waals surface area contributed by atoms with Gasteiger partial charge in [-0.05, 0) is 17.7 Å². The number of benzene rings is 1. The predicted molar refractivity (Wildman–Crippen MR) is 90.1 cm³/mol. The summed E-state index contributed by atoms with van der Waals surface area (Å²) in [6.45, 7) is 5.23. The van der Waals surface area contributed by atoms with Crippen LogP contribution in [0.1, 0.15) is 17.5 Å². The maximum Gasteiger partial charge on any atom is 0.321 e. The maximum absolute atomic E-state index is 11.6. The van der Waals surface area contributed by atoms with E-state index < -0.39 is 6.03 Å². The lowest BCUT2D eigenvalue weighted by atomic mass is 10.1. The molecule has 1 fully saturated rings. The van der Waals surface area contributed by atoms with Crippen molar-refractivity contribution >= 4 is 11.9 Å². The second-order valence-electron chi connectivity index (χ2n) is 5.80. The van der Waals surface area contributed by atoms with E-state index in [0.717, 1.165) is 32.7 Å². The molecule has 1 heterocycles. The molecule has 7 nitrogen and oxygen atoms in total. The molecule has 0 saturated carbocycles. The number of hydrogen-bond acceptors (Lipinski definition) is 5. The van der Waals surface area contributed by atoms with Crippen LogP contribution in [0.3, 0.4) is 0 Å². The van der Waals surface area contributed by atoms with Gasteiger partial charge in [0.1, 0.15) is 0 Å². The minimum absolute atomic E-state index is 0.255. The lowest BCUT2D eigenvalue weighted by Crippen LogP contribution is -2.47. The van der Waals surface area contributed by atoms with Crippen LogP contribution in [-0.2, 0) is 11.3 Å². The molecule has 1 aliphatic rings. The summed E-state index contributed by atoms with van der Waals surface area (Å²) in [6.07, 6.45) is 0.322. The van der Waals surface area contributed by atoms with E-state index in [2.05, 4.69) is 26.5 Å². The summed E-state index contributed by atoms with van der Waals surface area (Å²) in [4.78, 5) is 27.2. The average molecular weight is 329 g/mol. The third-order valence-corrected chi connectivity index (χ3v) is 4.09. The summed E-state index contributed by atoms with van der Waals surface area (Å²) in [6, 6.07) is 9.33. The maximum atomic E-state index is 11.6. The van der Waals surface area contributed by atoms with E-state index in [1.54, 1.807) is 0 Å². The van der Waals surface area contributed by atoms with Gasteiger partial charge in [0.2, 0.25) is 5.91 Å². The Morgan fingerprint density at radius 3 is 2.33 bits per heavy atom. The third kappa shape index (κ3) is 5.65. The van der Waals surface area contributed by atoms with Gasteiger partial charge in [-0.3, -0.25) is 15.0 Å². The molecule has 7 heteroatoms. The van der Waals surface area contributed by atoms with Crippen LogP contribution >= 0.6 is 0 Å². The largest absolute Gasteiger partial charge is 0.341 e. The molecule has 0 aliphatic carbocycles. The highest BCUT2D eigenvalue weighted by atomic mass is 16.2. The van der Waals surface area contributed by atoms with Crippen LogP contribution in [0.25, 0.3) is 0 Å². The number of urea groups is 1. The molecule has 1 aromatic rings. The molecule has 0 bridgehead atoms. The Morgan fingerprint density at radius 1 is 1.12 bits per heavy atom. The predicted octanol–water partition coefficient (Wildman–Crippen LogP) is 0.522. The lowest BCUT2D eigenvalue weighted by Gasteiger charge is -2.34. The molecule has 0 spiro atoms. The summed E-state index contributed by atoms with van der Waals surface area (Å²) in [5.41, 5.74) is 1.88. The number of nitrogens with zero attached hydrogens (tertiary/aromatic N) is 3. The van der Waals surface area contributed by atoms with Crippen molar-refractivity contribution in [3.05, 3.63) is 35.4 Å². The zero-order chi connectivity index (χ0) is 17.4. The SMILES string of the molecule is CNC(=O)NC(=O)CCN1CCN(Cc2ccc(C#N)cc2)CC1. The van der Waals surface area contributed by atoms with Gasteiger partial charge in [-0.25, -0.2) is 4.79 Å². The molecule has 1 aromatic carbocycles. The average Bonchev–Trinajstić information content (AvgIpc) is 2.61. The molecule has 0 atom stereocenters. The number of piperazine rings is 1. The molecule has 0 aromatic heterocycles. The minimum atomic E-state index is -0.466. The van der Waals surface area contributed by atoms with E-state index in [1.165, 1.54) is 12.6 Å². The number of imide groups is 1. The first kappa shape index (κ1) is 17.9. The fraction of sp³-hybridized carbons (Fsp3) is 0.471. The van der Waals surface area contributed by atoms with Gasteiger partial charge in [-0.2, -0.15) is 5.26 Å². The van der Waals surface area contributed by atoms with E-state index in [1.807, 2.05) is 24.3 Å². The fourth-order valence-electron chi connectivity index (χ4n) is 2.63. The Balaban J connectivity index is 1.68. The van der Waals surface area contributed by atoms with Crippen molar-refractivity contribution in [2.45, 2.75) is 13.0 Å². The van der Waals surface area contributed by atoms with Crippen LogP contribution in [0.4, 0.5) is 4.79 Å². The smallest absolute Gasteiger partial charge is 0.321 e. The van der Waals surface area contributed by atoms with Crippen molar-refractivity contribution < 1.29 is 9.59 Å². The van der Waals surface area contributed by atoms with E-state index in [0.29, 0.717) is 18.5 Å². The Labute approximate surface area is 142 Å². The van der Waals surface area contributed by atoms with Crippen LogP contribution in [0.2, 0.25) is 0 Å². The van der Waals surface area contributed by atoms with Crippen molar-refractivity contribution in [1.82, 2.24) is 20.4 Å². The van der Waals surface area contributed by atoms with Crippen LogP contribution in [0, 0.1) is 11.3 Å². The summed E-state index contributed by atoms with van der Waals surface area (Å²) in [7, 11) is 1.48. The summed E-state index contributed by atoms with van der Waals surface area (Å²) < 4.78 is 0. The van der Waals surface area contributed by atoms with Gasteiger partial charge in [0.05, 0.1) is 11.6 Å². The van der Waals surface area contributed by atoms with E-state index in [9.17, 15) is 9.59 Å². The quantitative estimate of drug-likeness (QED) is 0.822. The molecule has 0 radical (unpaired) electrons. The molecular weight excluding hydrogens is 306 g/mol. The second-order valence-corrected chi connectivity index (χ2v) is 5.80. The number of nitrogens with one attached hydrogen (secondary N) is 2. The van der Waals surface area contributed by atoms with Crippen molar-refractivity contribution in [1.29, 1.82) is 5.26 Å². The molecule has 0 unspecified atom stereocenters. The Morgan fingerprint density at radius 2 is 1.75 bits per heavy atom. The highest BCUT2D eigenvalue weighted by molar-refractivity contribution is 5.94. The van der Waals surface area contributed by atoms with Crippen LogP contribution in [-0.4, -0.2) is 61.5 Å². The van der Waals surface area contributed by atoms with Crippen LogP contribution in [0.5, 0.6) is 0 Å². The highest BCUT2D eigenvalue weighted by Gasteiger charge is 2.18. The summed E-state index contributed by atoms with van der Waals surface area (Å²) in [5.74, 6) is -0.255. The van der Waals surface area contributed by atoms with Gasteiger partial charge in [0.25, 0.3) is 0 Å². The Bertz CT molecular complexity index is 600. The highest BCUT2D eigenvalue weighted by Crippen LogP contribution is 2.10. The molecular formula is C17H23N5O2. The van der Waals surface area contributed by atoms with Crippen LogP contribution in [0.15, 0.2) is 24.3 Å². The van der Waals surface area contributed by atoms with Gasteiger partial charge < -0.3 is 10.2 Å². The Kier molecular flexibility index (Phi) is 6.73.